The number of hydrogen-bond donors (Lipinski definition) is 3. The zero-order valence-electron chi connectivity index (χ0n) is 6.41. The molecule has 0 fully saturated rings. The van der Waals surface area contributed by atoms with Gasteiger partial charge in [0.2, 0.25) is 0 Å². The lowest BCUT2D eigenvalue weighted by Crippen LogP contribution is -2.29. The highest BCUT2D eigenvalue weighted by Gasteiger charge is 2.17. The van der Waals surface area contributed by atoms with Gasteiger partial charge in [-0.3, -0.25) is 10.1 Å². The second kappa shape index (κ2) is 3.42. The van der Waals surface area contributed by atoms with Gasteiger partial charge in [-0.15, -0.1) is 0 Å². The van der Waals surface area contributed by atoms with Crippen molar-refractivity contribution in [3.63, 3.8) is 0 Å². The van der Waals surface area contributed by atoms with E-state index in [1.165, 1.54) is 0 Å². The first-order valence-corrected chi connectivity index (χ1v) is 3.35. The molecule has 68 valence electrons. The number of hydrogen-bond acceptors (Lipinski definition) is 5. The number of non-ortho nitro benzene ring substituents is 1. The van der Waals surface area contributed by atoms with Crippen LogP contribution in [0.15, 0.2) is 18.2 Å². The van der Waals surface area contributed by atoms with Crippen LogP contribution in [0, 0.1) is 10.1 Å². The van der Waals surface area contributed by atoms with Gasteiger partial charge in [-0.1, -0.05) is 0 Å². The summed E-state index contributed by atoms with van der Waals surface area (Å²) in [5.41, 5.74) is -0.505. The average Bonchev–Trinajstić information content (AvgIpc) is 2.03. The van der Waals surface area contributed by atoms with Crippen molar-refractivity contribution in [1.82, 2.24) is 0 Å². The maximum atomic E-state index is 10.3. The molecular weight excluding hydrogens is 177 g/mol. The van der Waals surface area contributed by atoms with E-state index in [-0.39, 0.29) is 16.9 Å². The van der Waals surface area contributed by atoms with Crippen molar-refractivity contribution in [3.8, 4) is 5.75 Å². The summed E-state index contributed by atoms with van der Waals surface area (Å²) in [6.45, 7) is 0. The lowest BCUT2D eigenvalue weighted by Gasteiger charge is -1.99. The fourth-order valence-electron chi connectivity index (χ4n) is 0.873. The number of benzene rings is 1. The zero-order valence-corrected chi connectivity index (χ0v) is 6.41. The van der Waals surface area contributed by atoms with Gasteiger partial charge in [0.05, 0.1) is 11.0 Å². The van der Waals surface area contributed by atoms with Crippen LogP contribution in [0.2, 0.25) is 0 Å². The molecule has 1 rings (SSSR count). The lowest BCUT2D eigenvalue weighted by atomic mass is 9.80. The van der Waals surface area contributed by atoms with Crippen LogP contribution >= 0.6 is 0 Å². The molecule has 0 amide bonds. The number of rotatable bonds is 2. The van der Waals surface area contributed by atoms with Crippen LogP contribution in [-0.4, -0.2) is 27.2 Å². The van der Waals surface area contributed by atoms with E-state index >= 15 is 0 Å². The predicted octanol–water partition coefficient (Wildman–Crippen LogP) is -1.02. The molecule has 0 aliphatic carbocycles. The maximum Gasteiger partial charge on any atom is 0.488 e. The van der Waals surface area contributed by atoms with E-state index in [1.54, 1.807) is 0 Å². The number of nitrogens with zero attached hydrogens (tertiary/aromatic N) is 1. The van der Waals surface area contributed by atoms with Crippen molar-refractivity contribution >= 4 is 18.3 Å². The third-order valence-electron chi connectivity index (χ3n) is 1.43. The molecule has 0 saturated carbocycles. The van der Waals surface area contributed by atoms with E-state index in [4.69, 9.17) is 15.2 Å². The molecule has 1 aromatic carbocycles. The summed E-state index contributed by atoms with van der Waals surface area (Å²) >= 11 is 0. The minimum absolute atomic E-state index is 0.119. The molecule has 0 heterocycles. The Morgan fingerprint density at radius 1 is 1.31 bits per heavy atom. The van der Waals surface area contributed by atoms with E-state index in [0.717, 1.165) is 18.2 Å². The smallest absolute Gasteiger partial charge is 0.488 e. The lowest BCUT2D eigenvalue weighted by molar-refractivity contribution is -0.384. The topological polar surface area (TPSA) is 104 Å². The van der Waals surface area contributed by atoms with Crippen molar-refractivity contribution in [2.45, 2.75) is 0 Å². The number of phenols is 1. The van der Waals surface area contributed by atoms with Gasteiger partial charge in [0.25, 0.3) is 5.69 Å². The molecule has 0 atom stereocenters. The Hall–Kier alpha value is -1.60. The molecule has 0 unspecified atom stereocenters. The first-order chi connectivity index (χ1) is 6.00. The predicted molar refractivity (Wildman–Crippen MR) is 44.6 cm³/mol. The SMILES string of the molecule is O=[N+]([O-])c1cc(O)cc(B(O)O)c1. The van der Waals surface area contributed by atoms with Gasteiger partial charge in [0.1, 0.15) is 5.75 Å². The van der Waals surface area contributed by atoms with Crippen molar-refractivity contribution < 1.29 is 20.1 Å². The van der Waals surface area contributed by atoms with Gasteiger partial charge in [-0.25, -0.2) is 0 Å². The second-order valence-corrected chi connectivity index (χ2v) is 2.41. The molecule has 1 aromatic rings. The second-order valence-electron chi connectivity index (χ2n) is 2.41. The molecule has 0 spiro atoms. The third-order valence-corrected chi connectivity index (χ3v) is 1.43. The van der Waals surface area contributed by atoms with Gasteiger partial charge in [-0.05, 0) is 11.5 Å². The quantitative estimate of drug-likeness (QED) is 0.309. The van der Waals surface area contributed by atoms with Crippen LogP contribution < -0.4 is 5.46 Å². The summed E-state index contributed by atoms with van der Waals surface area (Å²) < 4.78 is 0. The highest BCUT2D eigenvalue weighted by atomic mass is 16.6. The Kier molecular flexibility index (Phi) is 2.50. The van der Waals surface area contributed by atoms with E-state index in [1.807, 2.05) is 0 Å². The van der Waals surface area contributed by atoms with Gasteiger partial charge in [0, 0.05) is 6.07 Å². The summed E-state index contributed by atoms with van der Waals surface area (Å²) in [6.07, 6.45) is 0. The Morgan fingerprint density at radius 3 is 2.38 bits per heavy atom. The van der Waals surface area contributed by atoms with Gasteiger partial charge in [-0.2, -0.15) is 0 Å². The van der Waals surface area contributed by atoms with Crippen molar-refractivity contribution in [2.24, 2.45) is 0 Å². The van der Waals surface area contributed by atoms with E-state index in [0.29, 0.717) is 0 Å². The molecule has 7 heteroatoms. The Labute approximate surface area is 73.4 Å². The molecule has 0 aromatic heterocycles. The Bertz CT molecular complexity index is 340. The summed E-state index contributed by atoms with van der Waals surface area (Å²) in [5, 5.41) is 36.6. The molecule has 6 nitrogen and oxygen atoms in total. The summed E-state index contributed by atoms with van der Waals surface area (Å²) in [5.74, 6) is -0.377. The van der Waals surface area contributed by atoms with Crippen LogP contribution in [0.25, 0.3) is 0 Å². The molecule has 0 saturated heterocycles. The maximum absolute atomic E-state index is 10.3. The summed E-state index contributed by atoms with van der Waals surface area (Å²) in [4.78, 5) is 9.53. The highest BCUT2D eigenvalue weighted by molar-refractivity contribution is 6.58. The fraction of sp³-hybridized carbons (Fsp3) is 0. The molecular formula is C6H6BNO5. The molecule has 0 aliphatic rings. The molecule has 13 heavy (non-hydrogen) atoms. The normalized spacial score (nSPS) is 9.69. The summed E-state index contributed by atoms with van der Waals surface area (Å²) in [7, 11) is -1.83. The number of phenolic OH excluding ortho intramolecular Hbond substituents is 1. The fourth-order valence-corrected chi connectivity index (χ4v) is 0.873. The van der Waals surface area contributed by atoms with E-state index < -0.39 is 12.0 Å². The van der Waals surface area contributed by atoms with Gasteiger partial charge >= 0.3 is 7.12 Å². The van der Waals surface area contributed by atoms with Crippen LogP contribution in [0.4, 0.5) is 5.69 Å². The number of nitro groups is 1. The molecule has 0 bridgehead atoms. The first-order valence-electron chi connectivity index (χ1n) is 3.35. The van der Waals surface area contributed by atoms with Crippen LogP contribution in [0.5, 0.6) is 5.75 Å². The van der Waals surface area contributed by atoms with Crippen LogP contribution in [0.3, 0.4) is 0 Å². The largest absolute Gasteiger partial charge is 0.508 e. The third kappa shape index (κ3) is 2.17. The summed E-state index contributed by atoms with van der Waals surface area (Å²) in [6, 6.07) is 2.94. The first kappa shape index (κ1) is 9.49. The zero-order chi connectivity index (χ0) is 10.0. The van der Waals surface area contributed by atoms with Crippen molar-refractivity contribution in [3.05, 3.63) is 28.3 Å². The molecule has 0 radical (unpaired) electrons. The minimum atomic E-state index is -1.83. The Morgan fingerprint density at radius 2 is 1.92 bits per heavy atom. The monoisotopic (exact) mass is 183 g/mol. The van der Waals surface area contributed by atoms with Crippen molar-refractivity contribution in [1.29, 1.82) is 0 Å². The van der Waals surface area contributed by atoms with E-state index in [2.05, 4.69) is 0 Å². The van der Waals surface area contributed by atoms with Crippen LogP contribution in [0.1, 0.15) is 0 Å². The van der Waals surface area contributed by atoms with Gasteiger partial charge < -0.3 is 15.2 Å². The highest BCUT2D eigenvalue weighted by Crippen LogP contribution is 2.16. The molecule has 3 N–H and O–H groups in total. The minimum Gasteiger partial charge on any atom is -0.508 e. The van der Waals surface area contributed by atoms with Gasteiger partial charge in [0.15, 0.2) is 0 Å². The standard InChI is InChI=1S/C6H6BNO5/c9-6-2-4(7(10)11)1-5(3-6)8(12)13/h1-3,9-11H. The Balaban J connectivity index is 3.19. The van der Waals surface area contributed by atoms with Crippen molar-refractivity contribution in [2.75, 3.05) is 0 Å². The van der Waals surface area contributed by atoms with Crippen LogP contribution in [-0.2, 0) is 0 Å². The average molecular weight is 183 g/mol. The molecule has 0 aliphatic heterocycles. The van der Waals surface area contributed by atoms with E-state index in [9.17, 15) is 10.1 Å². The number of nitro benzene ring substituents is 1. The number of aromatic hydroxyl groups is 1.